The summed E-state index contributed by atoms with van der Waals surface area (Å²) in [6.07, 6.45) is 42.7. The standard InChI is InChI=1S/C56H99NO5/c1-7-8-9-10-11-12-13-14-15-16-17-18-19-20-21-22-36-60-45-50(44-57-34-37-58-38-35-57)62-42-40-59-39-41-61-49-30-32-55(5)48(43-49)26-27-51-53-29-28-52(47(4)25-23-24-46(2)3)56(53,6)33-31-54(51)55/h11-12,14-15,26,46-47,49-54H,7-10,13,16-25,27-45H2,1-6H3/b12-11-,15-14-/t47-,49+,50?,51+,52-,53+,54+,55+,56-/m1/s1. The van der Waals surface area contributed by atoms with Crippen LogP contribution in [-0.4, -0.2) is 89.6 Å². The van der Waals surface area contributed by atoms with E-state index in [0.29, 0.717) is 50.0 Å². The zero-order valence-corrected chi connectivity index (χ0v) is 41.5. The predicted molar refractivity (Wildman–Crippen MR) is 261 cm³/mol. The Kier molecular flexibility index (Phi) is 24.2. The third-order valence-corrected chi connectivity index (χ3v) is 16.8. The minimum absolute atomic E-state index is 0.0635. The van der Waals surface area contributed by atoms with Crippen LogP contribution in [0, 0.1) is 46.3 Å². The van der Waals surface area contributed by atoms with E-state index in [4.69, 9.17) is 23.7 Å². The first kappa shape index (κ1) is 52.0. The van der Waals surface area contributed by atoms with Gasteiger partial charge in [0.2, 0.25) is 0 Å². The van der Waals surface area contributed by atoms with Crippen LogP contribution in [0.25, 0.3) is 0 Å². The van der Waals surface area contributed by atoms with Crippen molar-refractivity contribution < 1.29 is 23.7 Å². The fraction of sp³-hybridized carbons (Fsp3) is 0.893. The van der Waals surface area contributed by atoms with E-state index in [1.807, 2.05) is 0 Å². The highest BCUT2D eigenvalue weighted by molar-refractivity contribution is 5.25. The van der Waals surface area contributed by atoms with Crippen molar-refractivity contribution in [3.05, 3.63) is 36.0 Å². The van der Waals surface area contributed by atoms with Crippen LogP contribution in [0.15, 0.2) is 36.0 Å². The smallest absolute Gasteiger partial charge is 0.0936 e. The van der Waals surface area contributed by atoms with E-state index >= 15 is 0 Å². The molecule has 358 valence electrons. The molecule has 0 N–H and O–H groups in total. The molecule has 62 heavy (non-hydrogen) atoms. The summed E-state index contributed by atoms with van der Waals surface area (Å²) in [7, 11) is 0. The predicted octanol–water partition coefficient (Wildman–Crippen LogP) is 14.0. The first-order chi connectivity index (χ1) is 30.2. The van der Waals surface area contributed by atoms with Gasteiger partial charge in [-0.25, -0.2) is 0 Å². The summed E-state index contributed by atoms with van der Waals surface area (Å²) in [6, 6.07) is 0. The molecule has 0 aromatic carbocycles. The Bertz CT molecular complexity index is 1270. The van der Waals surface area contributed by atoms with Crippen molar-refractivity contribution in [3.63, 3.8) is 0 Å². The quantitative estimate of drug-likeness (QED) is 0.0496. The number of hydrogen-bond donors (Lipinski definition) is 0. The van der Waals surface area contributed by atoms with Crippen molar-refractivity contribution in [1.82, 2.24) is 4.90 Å². The fourth-order valence-electron chi connectivity index (χ4n) is 13.1. The molecule has 3 saturated carbocycles. The number of nitrogens with zero attached hydrogens (tertiary/aromatic N) is 1. The summed E-state index contributed by atoms with van der Waals surface area (Å²) in [4.78, 5) is 2.45. The lowest BCUT2D eigenvalue weighted by Gasteiger charge is -2.58. The molecule has 6 nitrogen and oxygen atoms in total. The minimum Gasteiger partial charge on any atom is -0.379 e. The van der Waals surface area contributed by atoms with Crippen LogP contribution in [0.2, 0.25) is 0 Å². The summed E-state index contributed by atoms with van der Waals surface area (Å²) < 4.78 is 30.7. The normalized spacial score (nSPS) is 30.2. The van der Waals surface area contributed by atoms with Gasteiger partial charge in [0.25, 0.3) is 0 Å². The minimum atomic E-state index is 0.0635. The Morgan fingerprint density at radius 2 is 1.48 bits per heavy atom. The number of fused-ring (bicyclic) bond motifs is 5. The molecule has 9 atom stereocenters. The van der Waals surface area contributed by atoms with Gasteiger partial charge < -0.3 is 23.7 Å². The molecule has 6 heteroatoms. The summed E-state index contributed by atoms with van der Waals surface area (Å²) in [5.74, 6) is 5.34. The highest BCUT2D eigenvalue weighted by Gasteiger charge is 2.59. The van der Waals surface area contributed by atoms with Crippen LogP contribution in [0.1, 0.15) is 189 Å². The van der Waals surface area contributed by atoms with Crippen LogP contribution in [0.5, 0.6) is 0 Å². The summed E-state index contributed by atoms with van der Waals surface area (Å²) >= 11 is 0. The van der Waals surface area contributed by atoms with Crippen molar-refractivity contribution in [2.45, 2.75) is 201 Å². The zero-order chi connectivity index (χ0) is 43.9. The molecule has 1 saturated heterocycles. The van der Waals surface area contributed by atoms with E-state index < -0.39 is 0 Å². The van der Waals surface area contributed by atoms with E-state index in [2.05, 4.69) is 76.8 Å². The van der Waals surface area contributed by atoms with Crippen LogP contribution in [-0.2, 0) is 23.7 Å². The number of allylic oxidation sites excluding steroid dienone is 5. The van der Waals surface area contributed by atoms with Crippen LogP contribution < -0.4 is 0 Å². The molecule has 0 aromatic rings. The lowest BCUT2D eigenvalue weighted by molar-refractivity contribution is -0.0761. The van der Waals surface area contributed by atoms with Crippen molar-refractivity contribution in [1.29, 1.82) is 0 Å². The first-order valence-electron chi connectivity index (χ1n) is 26.9. The Balaban J connectivity index is 0.912. The number of ether oxygens (including phenoxy) is 5. The topological polar surface area (TPSA) is 49.4 Å². The molecule has 1 heterocycles. The molecule has 0 amide bonds. The number of rotatable bonds is 32. The lowest BCUT2D eigenvalue weighted by Crippen LogP contribution is -2.51. The van der Waals surface area contributed by atoms with Gasteiger partial charge in [0.15, 0.2) is 0 Å². The first-order valence-corrected chi connectivity index (χ1v) is 26.9. The van der Waals surface area contributed by atoms with Gasteiger partial charge in [-0.3, -0.25) is 4.90 Å². The van der Waals surface area contributed by atoms with Crippen molar-refractivity contribution >= 4 is 0 Å². The van der Waals surface area contributed by atoms with E-state index in [9.17, 15) is 0 Å². The lowest BCUT2D eigenvalue weighted by atomic mass is 9.47. The summed E-state index contributed by atoms with van der Waals surface area (Å²) in [6.45, 7) is 23.4. The maximum Gasteiger partial charge on any atom is 0.0936 e. The van der Waals surface area contributed by atoms with E-state index in [0.717, 1.165) is 94.2 Å². The maximum atomic E-state index is 6.51. The van der Waals surface area contributed by atoms with Gasteiger partial charge in [0, 0.05) is 26.2 Å². The summed E-state index contributed by atoms with van der Waals surface area (Å²) in [5.41, 5.74) is 2.66. The molecular weight excluding hydrogens is 767 g/mol. The second-order valence-corrected chi connectivity index (χ2v) is 21.7. The highest BCUT2D eigenvalue weighted by atomic mass is 16.6. The Morgan fingerprint density at radius 3 is 2.26 bits per heavy atom. The average Bonchev–Trinajstić information content (AvgIpc) is 3.63. The molecule has 0 bridgehead atoms. The largest absolute Gasteiger partial charge is 0.379 e. The van der Waals surface area contributed by atoms with Crippen LogP contribution in [0.4, 0.5) is 0 Å². The number of hydrogen-bond acceptors (Lipinski definition) is 6. The van der Waals surface area contributed by atoms with Crippen molar-refractivity contribution in [2.24, 2.45) is 46.3 Å². The van der Waals surface area contributed by atoms with Gasteiger partial charge in [-0.2, -0.15) is 0 Å². The van der Waals surface area contributed by atoms with E-state index in [-0.39, 0.29) is 6.10 Å². The average molecular weight is 866 g/mol. The van der Waals surface area contributed by atoms with Gasteiger partial charge in [0.1, 0.15) is 0 Å². The molecular formula is C56H99NO5. The second kappa shape index (κ2) is 28.9. The molecule has 4 fully saturated rings. The molecule has 5 rings (SSSR count). The molecule has 1 unspecified atom stereocenters. The molecule has 1 aliphatic heterocycles. The highest BCUT2D eigenvalue weighted by Crippen LogP contribution is 2.67. The van der Waals surface area contributed by atoms with Gasteiger partial charge in [-0.15, -0.1) is 0 Å². The third-order valence-electron chi connectivity index (χ3n) is 16.8. The number of morpholine rings is 1. The van der Waals surface area contributed by atoms with E-state index in [1.165, 1.54) is 128 Å². The summed E-state index contributed by atoms with van der Waals surface area (Å²) in [5, 5.41) is 0. The molecule has 0 radical (unpaired) electrons. The monoisotopic (exact) mass is 866 g/mol. The van der Waals surface area contributed by atoms with Gasteiger partial charge in [0.05, 0.1) is 58.5 Å². The molecule has 0 spiro atoms. The Hall–Kier alpha value is -1.02. The van der Waals surface area contributed by atoms with Crippen molar-refractivity contribution in [2.75, 3.05) is 72.5 Å². The maximum absolute atomic E-state index is 6.51. The third kappa shape index (κ3) is 16.7. The Morgan fingerprint density at radius 1 is 0.742 bits per heavy atom. The van der Waals surface area contributed by atoms with Gasteiger partial charge in [-0.1, -0.05) is 135 Å². The Labute approximate surface area is 383 Å². The second-order valence-electron chi connectivity index (χ2n) is 21.7. The van der Waals surface area contributed by atoms with Gasteiger partial charge in [-0.05, 0) is 136 Å². The SMILES string of the molecule is CCCCC/C=C\C/C=C\CCCCCCCCOCC(CN1CCOCC1)OCCOCCO[C@H]1CC[C@@]2(C)C(=CC[C@H]3[C@@H]4CC[C@H]([C@H](C)CCCC(C)C)[C@@]4(C)CC[C@@H]32)C1. The van der Waals surface area contributed by atoms with Gasteiger partial charge >= 0.3 is 0 Å². The molecule has 0 aromatic heterocycles. The molecule has 5 aliphatic rings. The van der Waals surface area contributed by atoms with Crippen molar-refractivity contribution in [3.8, 4) is 0 Å². The zero-order valence-electron chi connectivity index (χ0n) is 41.5. The van der Waals surface area contributed by atoms with Crippen LogP contribution >= 0.6 is 0 Å². The number of unbranched alkanes of at least 4 members (excludes halogenated alkanes) is 9. The fourth-order valence-corrected chi connectivity index (χ4v) is 13.1. The van der Waals surface area contributed by atoms with E-state index in [1.54, 1.807) is 5.57 Å². The molecule has 4 aliphatic carbocycles. The van der Waals surface area contributed by atoms with Crippen LogP contribution in [0.3, 0.4) is 0 Å².